The summed E-state index contributed by atoms with van der Waals surface area (Å²) in [5.41, 5.74) is 0. The Bertz CT molecular complexity index is 217. The van der Waals surface area contributed by atoms with Gasteiger partial charge in [-0.15, -0.1) is 0 Å². The summed E-state index contributed by atoms with van der Waals surface area (Å²) in [5, 5.41) is 3.38. The number of nitrogens with zero attached hydrogens (tertiary/aromatic N) is 1. The molecular weight excluding hydrogens is 224 g/mol. The molecule has 0 aromatic carbocycles. The van der Waals surface area contributed by atoms with Crippen LogP contribution in [0.5, 0.6) is 0 Å². The fraction of sp³-hybridized carbons (Fsp3) is 1.00. The summed E-state index contributed by atoms with van der Waals surface area (Å²) in [6.07, 6.45) is 8.31. The van der Waals surface area contributed by atoms with Crippen molar-refractivity contribution in [3.05, 3.63) is 0 Å². The van der Waals surface area contributed by atoms with Crippen LogP contribution in [0.15, 0.2) is 0 Å². The number of hydrogen-bond acceptors (Lipinski definition) is 3. The highest BCUT2D eigenvalue weighted by Gasteiger charge is 2.21. The van der Waals surface area contributed by atoms with Crippen LogP contribution in [0, 0.1) is 5.92 Å². The summed E-state index contributed by atoms with van der Waals surface area (Å²) in [6, 6.07) is 0. The largest absolute Gasteiger partial charge is 0.378 e. The average Bonchev–Trinajstić information content (AvgIpc) is 2.84. The number of hydrogen-bond donors (Lipinski definition) is 1. The van der Waals surface area contributed by atoms with Crippen molar-refractivity contribution < 1.29 is 4.74 Å². The first kappa shape index (κ1) is 14.3. The molecule has 2 heterocycles. The first-order chi connectivity index (χ1) is 8.88. The molecule has 0 bridgehead atoms. The van der Waals surface area contributed by atoms with E-state index in [4.69, 9.17) is 4.74 Å². The Balaban J connectivity index is 1.48. The molecule has 3 heteroatoms. The SMILES string of the molecule is CCCC1CCN(CCCOC2CCNCC2)C1. The van der Waals surface area contributed by atoms with Gasteiger partial charge in [-0.25, -0.2) is 0 Å². The Kier molecular flexibility index (Phi) is 6.46. The van der Waals surface area contributed by atoms with E-state index < -0.39 is 0 Å². The molecule has 2 saturated heterocycles. The van der Waals surface area contributed by atoms with Crippen LogP contribution in [-0.2, 0) is 4.74 Å². The van der Waals surface area contributed by atoms with Gasteiger partial charge in [0.1, 0.15) is 0 Å². The molecule has 0 spiro atoms. The molecule has 0 radical (unpaired) electrons. The van der Waals surface area contributed by atoms with Crippen molar-refractivity contribution in [2.45, 2.75) is 51.6 Å². The van der Waals surface area contributed by atoms with Gasteiger partial charge >= 0.3 is 0 Å². The van der Waals surface area contributed by atoms with E-state index in [1.165, 1.54) is 58.2 Å². The normalized spacial score (nSPS) is 26.8. The Morgan fingerprint density at radius 2 is 2.06 bits per heavy atom. The Morgan fingerprint density at radius 3 is 2.83 bits per heavy atom. The van der Waals surface area contributed by atoms with E-state index in [9.17, 15) is 0 Å². The van der Waals surface area contributed by atoms with Gasteiger partial charge in [0, 0.05) is 19.7 Å². The van der Waals surface area contributed by atoms with E-state index in [2.05, 4.69) is 17.1 Å². The van der Waals surface area contributed by atoms with Crippen molar-refractivity contribution in [2.75, 3.05) is 39.3 Å². The van der Waals surface area contributed by atoms with Crippen LogP contribution in [0.25, 0.3) is 0 Å². The fourth-order valence-electron chi connectivity index (χ4n) is 3.26. The minimum atomic E-state index is 0.526. The van der Waals surface area contributed by atoms with E-state index >= 15 is 0 Å². The van der Waals surface area contributed by atoms with Crippen LogP contribution in [0.4, 0.5) is 0 Å². The first-order valence-electron chi connectivity index (χ1n) is 7.93. The molecular formula is C15H30N2O. The Labute approximate surface area is 112 Å². The molecule has 2 fully saturated rings. The van der Waals surface area contributed by atoms with Gasteiger partial charge in [0.25, 0.3) is 0 Å². The lowest BCUT2D eigenvalue weighted by Gasteiger charge is -2.23. The third-order valence-corrected chi connectivity index (χ3v) is 4.33. The molecule has 1 unspecified atom stereocenters. The maximum absolute atomic E-state index is 5.95. The second kappa shape index (κ2) is 8.13. The van der Waals surface area contributed by atoms with Crippen LogP contribution in [-0.4, -0.2) is 50.3 Å². The molecule has 0 aromatic rings. The number of likely N-dealkylation sites (tertiary alicyclic amines) is 1. The van der Waals surface area contributed by atoms with E-state index in [0.29, 0.717) is 6.10 Å². The monoisotopic (exact) mass is 254 g/mol. The summed E-state index contributed by atoms with van der Waals surface area (Å²) in [7, 11) is 0. The number of ether oxygens (including phenoxy) is 1. The van der Waals surface area contributed by atoms with Gasteiger partial charge in [0.2, 0.25) is 0 Å². The van der Waals surface area contributed by atoms with Crippen LogP contribution in [0.1, 0.15) is 45.4 Å². The second-order valence-electron chi connectivity index (χ2n) is 5.92. The van der Waals surface area contributed by atoms with Crippen molar-refractivity contribution in [3.8, 4) is 0 Å². The highest BCUT2D eigenvalue weighted by atomic mass is 16.5. The summed E-state index contributed by atoms with van der Waals surface area (Å²) >= 11 is 0. The van der Waals surface area contributed by atoms with Crippen LogP contribution in [0.3, 0.4) is 0 Å². The highest BCUT2D eigenvalue weighted by Crippen LogP contribution is 2.20. The maximum atomic E-state index is 5.95. The molecule has 0 amide bonds. The topological polar surface area (TPSA) is 24.5 Å². The van der Waals surface area contributed by atoms with Gasteiger partial charge in [0.05, 0.1) is 6.10 Å². The fourth-order valence-corrected chi connectivity index (χ4v) is 3.26. The molecule has 3 nitrogen and oxygen atoms in total. The molecule has 18 heavy (non-hydrogen) atoms. The molecule has 0 aromatic heterocycles. The van der Waals surface area contributed by atoms with Gasteiger partial charge in [-0.2, -0.15) is 0 Å². The molecule has 1 atom stereocenters. The quantitative estimate of drug-likeness (QED) is 0.705. The number of nitrogens with one attached hydrogen (secondary N) is 1. The standard InChI is InChI=1S/C15H30N2O/c1-2-4-14-7-11-17(13-14)10-3-12-18-15-5-8-16-9-6-15/h14-16H,2-13H2,1H3. The molecule has 0 saturated carbocycles. The van der Waals surface area contributed by atoms with Crippen LogP contribution in [0.2, 0.25) is 0 Å². The Morgan fingerprint density at radius 1 is 1.22 bits per heavy atom. The second-order valence-corrected chi connectivity index (χ2v) is 5.92. The molecule has 2 aliphatic rings. The molecule has 1 N–H and O–H groups in total. The first-order valence-corrected chi connectivity index (χ1v) is 7.93. The summed E-state index contributed by atoms with van der Waals surface area (Å²) in [4.78, 5) is 2.63. The van der Waals surface area contributed by atoms with Gasteiger partial charge in [-0.1, -0.05) is 13.3 Å². The predicted molar refractivity (Wildman–Crippen MR) is 75.9 cm³/mol. The molecule has 2 rings (SSSR count). The highest BCUT2D eigenvalue weighted by molar-refractivity contribution is 4.75. The minimum absolute atomic E-state index is 0.526. The average molecular weight is 254 g/mol. The van der Waals surface area contributed by atoms with Crippen molar-refractivity contribution >= 4 is 0 Å². The van der Waals surface area contributed by atoms with E-state index in [1.807, 2.05) is 0 Å². The van der Waals surface area contributed by atoms with Crippen molar-refractivity contribution in [3.63, 3.8) is 0 Å². The maximum Gasteiger partial charge on any atom is 0.0599 e. The number of piperidine rings is 1. The third kappa shape index (κ3) is 4.87. The zero-order valence-corrected chi connectivity index (χ0v) is 12.0. The lowest BCUT2D eigenvalue weighted by Crippen LogP contribution is -2.33. The predicted octanol–water partition coefficient (Wildman–Crippen LogP) is 2.27. The van der Waals surface area contributed by atoms with E-state index in [0.717, 1.165) is 25.6 Å². The third-order valence-electron chi connectivity index (χ3n) is 4.33. The van der Waals surface area contributed by atoms with Crippen molar-refractivity contribution in [2.24, 2.45) is 5.92 Å². The number of rotatable bonds is 7. The van der Waals surface area contributed by atoms with E-state index in [-0.39, 0.29) is 0 Å². The van der Waals surface area contributed by atoms with Gasteiger partial charge in [-0.05, 0) is 57.7 Å². The lowest BCUT2D eigenvalue weighted by atomic mass is 10.0. The van der Waals surface area contributed by atoms with Gasteiger partial charge in [-0.3, -0.25) is 0 Å². The zero-order chi connectivity index (χ0) is 12.6. The lowest BCUT2D eigenvalue weighted by molar-refractivity contribution is 0.0284. The molecule has 0 aliphatic carbocycles. The van der Waals surface area contributed by atoms with Gasteiger partial charge < -0.3 is 15.0 Å². The van der Waals surface area contributed by atoms with Gasteiger partial charge in [0.15, 0.2) is 0 Å². The van der Waals surface area contributed by atoms with Crippen molar-refractivity contribution in [1.82, 2.24) is 10.2 Å². The summed E-state index contributed by atoms with van der Waals surface area (Å²) in [6.45, 7) is 9.42. The smallest absolute Gasteiger partial charge is 0.0599 e. The Hall–Kier alpha value is -0.120. The molecule has 2 aliphatic heterocycles. The summed E-state index contributed by atoms with van der Waals surface area (Å²) < 4.78 is 5.95. The van der Waals surface area contributed by atoms with Crippen LogP contribution < -0.4 is 5.32 Å². The summed E-state index contributed by atoms with van der Waals surface area (Å²) in [5.74, 6) is 0.973. The van der Waals surface area contributed by atoms with E-state index in [1.54, 1.807) is 0 Å². The van der Waals surface area contributed by atoms with Crippen LogP contribution >= 0.6 is 0 Å². The zero-order valence-electron chi connectivity index (χ0n) is 12.0. The molecule has 106 valence electrons. The minimum Gasteiger partial charge on any atom is -0.378 e. The van der Waals surface area contributed by atoms with Crippen molar-refractivity contribution in [1.29, 1.82) is 0 Å².